The zero-order valence-corrected chi connectivity index (χ0v) is 11.6. The van der Waals surface area contributed by atoms with E-state index >= 15 is 0 Å². The van der Waals surface area contributed by atoms with Gasteiger partial charge in [-0.05, 0) is 30.0 Å². The van der Waals surface area contributed by atoms with Crippen LogP contribution in [0.3, 0.4) is 0 Å². The van der Waals surface area contributed by atoms with E-state index in [1.807, 2.05) is 55.5 Å². The van der Waals surface area contributed by atoms with Gasteiger partial charge in [0.05, 0.1) is 6.61 Å². The molecule has 0 aliphatic carbocycles. The largest absolute Gasteiger partial charge is 0.463 e. The molecule has 0 heterocycles. The van der Waals surface area contributed by atoms with Crippen molar-refractivity contribution in [3.8, 4) is 0 Å². The molecule has 2 aromatic carbocycles. The predicted octanol–water partition coefficient (Wildman–Crippen LogP) is 3.88. The highest BCUT2D eigenvalue weighted by Crippen LogP contribution is 2.19. The summed E-state index contributed by atoms with van der Waals surface area (Å²) in [7, 11) is 0. The first kappa shape index (κ1) is 14.1. The van der Waals surface area contributed by atoms with E-state index in [0.717, 1.165) is 11.1 Å². The lowest BCUT2D eigenvalue weighted by molar-refractivity contribution is -0.137. The van der Waals surface area contributed by atoms with Gasteiger partial charge in [-0.1, -0.05) is 60.7 Å². The quantitative estimate of drug-likeness (QED) is 0.606. The molecule has 2 rings (SSSR count). The standard InChI is InChI=1S/C18H18O2/c1-2-20-18(19)14-17(16-11-7-4-8-12-16)13-15-9-5-3-6-10-15/h3-12,14H,2,13H2,1H3/b17-14+. The van der Waals surface area contributed by atoms with Crippen LogP contribution in [0.5, 0.6) is 0 Å². The molecular formula is C18H18O2. The third-order valence-electron chi connectivity index (χ3n) is 2.96. The van der Waals surface area contributed by atoms with E-state index in [2.05, 4.69) is 12.1 Å². The van der Waals surface area contributed by atoms with E-state index in [1.54, 1.807) is 6.08 Å². The number of carbonyl (C=O) groups excluding carboxylic acids is 1. The molecule has 102 valence electrons. The van der Waals surface area contributed by atoms with E-state index in [4.69, 9.17) is 4.74 Å². The fourth-order valence-electron chi connectivity index (χ4n) is 2.03. The van der Waals surface area contributed by atoms with E-state index in [-0.39, 0.29) is 5.97 Å². The molecule has 0 atom stereocenters. The third-order valence-corrected chi connectivity index (χ3v) is 2.96. The number of esters is 1. The van der Waals surface area contributed by atoms with Gasteiger partial charge in [0.2, 0.25) is 0 Å². The highest BCUT2D eigenvalue weighted by atomic mass is 16.5. The first-order chi connectivity index (χ1) is 9.79. The average molecular weight is 266 g/mol. The van der Waals surface area contributed by atoms with Crippen molar-refractivity contribution in [2.45, 2.75) is 13.3 Å². The van der Waals surface area contributed by atoms with Crippen molar-refractivity contribution >= 4 is 11.5 Å². The summed E-state index contributed by atoms with van der Waals surface area (Å²) in [6, 6.07) is 20.0. The maximum absolute atomic E-state index is 11.7. The Kier molecular flexibility index (Phi) is 5.13. The maximum atomic E-state index is 11.7. The zero-order chi connectivity index (χ0) is 14.2. The molecule has 0 saturated carbocycles. The smallest absolute Gasteiger partial charge is 0.331 e. The molecule has 0 spiro atoms. The van der Waals surface area contributed by atoms with Gasteiger partial charge in [-0.3, -0.25) is 0 Å². The van der Waals surface area contributed by atoms with Crippen LogP contribution in [0.15, 0.2) is 66.7 Å². The van der Waals surface area contributed by atoms with Gasteiger partial charge in [0, 0.05) is 6.08 Å². The second kappa shape index (κ2) is 7.29. The molecule has 0 unspecified atom stereocenters. The molecule has 0 bridgehead atoms. The lowest BCUT2D eigenvalue weighted by Crippen LogP contribution is -2.02. The molecule has 0 amide bonds. The summed E-state index contributed by atoms with van der Waals surface area (Å²) < 4.78 is 5.02. The number of hydrogen-bond donors (Lipinski definition) is 0. The lowest BCUT2D eigenvalue weighted by Gasteiger charge is -2.08. The number of allylic oxidation sites excluding steroid dienone is 1. The van der Waals surface area contributed by atoms with Gasteiger partial charge >= 0.3 is 5.97 Å². The van der Waals surface area contributed by atoms with Gasteiger partial charge in [-0.2, -0.15) is 0 Å². The van der Waals surface area contributed by atoms with Gasteiger partial charge in [-0.15, -0.1) is 0 Å². The molecule has 20 heavy (non-hydrogen) atoms. The molecule has 0 fully saturated rings. The van der Waals surface area contributed by atoms with E-state index < -0.39 is 0 Å². The molecule has 2 aromatic rings. The molecule has 0 saturated heterocycles. The van der Waals surface area contributed by atoms with Crippen LogP contribution in [0.4, 0.5) is 0 Å². The maximum Gasteiger partial charge on any atom is 0.331 e. The monoisotopic (exact) mass is 266 g/mol. The summed E-state index contributed by atoms with van der Waals surface area (Å²) in [5, 5.41) is 0. The minimum absolute atomic E-state index is 0.290. The highest BCUT2D eigenvalue weighted by molar-refractivity contribution is 5.91. The van der Waals surface area contributed by atoms with Gasteiger partial charge in [0.1, 0.15) is 0 Å². The van der Waals surface area contributed by atoms with E-state index in [1.165, 1.54) is 5.56 Å². The highest BCUT2D eigenvalue weighted by Gasteiger charge is 2.06. The van der Waals surface area contributed by atoms with Gasteiger partial charge in [-0.25, -0.2) is 4.79 Å². The Balaban J connectivity index is 2.27. The minimum Gasteiger partial charge on any atom is -0.463 e. The van der Waals surface area contributed by atoms with Crippen molar-refractivity contribution in [1.29, 1.82) is 0 Å². The van der Waals surface area contributed by atoms with Gasteiger partial charge < -0.3 is 4.74 Å². The van der Waals surface area contributed by atoms with Crippen molar-refractivity contribution in [3.05, 3.63) is 77.9 Å². The Morgan fingerprint density at radius 2 is 1.60 bits per heavy atom. The summed E-state index contributed by atoms with van der Waals surface area (Å²) in [5.74, 6) is -0.290. The Morgan fingerprint density at radius 1 is 1.00 bits per heavy atom. The van der Waals surface area contributed by atoms with Crippen LogP contribution in [-0.4, -0.2) is 12.6 Å². The Bertz CT molecular complexity index is 571. The topological polar surface area (TPSA) is 26.3 Å². The lowest BCUT2D eigenvalue weighted by atomic mass is 9.98. The summed E-state index contributed by atoms with van der Waals surface area (Å²) in [6.07, 6.45) is 2.30. The second-order valence-electron chi connectivity index (χ2n) is 4.45. The molecule has 2 heteroatoms. The molecule has 0 N–H and O–H groups in total. The number of benzene rings is 2. The third kappa shape index (κ3) is 4.09. The first-order valence-corrected chi connectivity index (χ1v) is 6.76. The van der Waals surface area contributed by atoms with Crippen LogP contribution in [0.2, 0.25) is 0 Å². The van der Waals surface area contributed by atoms with Crippen LogP contribution in [-0.2, 0) is 16.0 Å². The molecule has 0 radical (unpaired) electrons. The van der Waals surface area contributed by atoms with Crippen molar-refractivity contribution in [3.63, 3.8) is 0 Å². The van der Waals surface area contributed by atoms with Crippen molar-refractivity contribution in [2.24, 2.45) is 0 Å². The van der Waals surface area contributed by atoms with Crippen molar-refractivity contribution in [2.75, 3.05) is 6.61 Å². The van der Waals surface area contributed by atoms with Gasteiger partial charge in [0.15, 0.2) is 0 Å². The zero-order valence-electron chi connectivity index (χ0n) is 11.6. The molecule has 0 aromatic heterocycles. The molecular weight excluding hydrogens is 248 g/mol. The van der Waals surface area contributed by atoms with Crippen LogP contribution in [0.25, 0.3) is 5.57 Å². The summed E-state index contributed by atoms with van der Waals surface area (Å²) in [6.45, 7) is 2.20. The van der Waals surface area contributed by atoms with E-state index in [0.29, 0.717) is 13.0 Å². The normalized spacial score (nSPS) is 11.2. The Morgan fingerprint density at radius 3 is 2.20 bits per heavy atom. The molecule has 2 nitrogen and oxygen atoms in total. The number of rotatable bonds is 5. The number of ether oxygens (including phenoxy) is 1. The number of hydrogen-bond acceptors (Lipinski definition) is 2. The van der Waals surface area contributed by atoms with Crippen molar-refractivity contribution in [1.82, 2.24) is 0 Å². The van der Waals surface area contributed by atoms with E-state index in [9.17, 15) is 4.79 Å². The van der Waals surface area contributed by atoms with Crippen LogP contribution >= 0.6 is 0 Å². The van der Waals surface area contributed by atoms with Crippen LogP contribution < -0.4 is 0 Å². The fourth-order valence-corrected chi connectivity index (χ4v) is 2.03. The summed E-state index contributed by atoms with van der Waals surface area (Å²) >= 11 is 0. The Hall–Kier alpha value is -2.35. The number of carbonyl (C=O) groups is 1. The summed E-state index contributed by atoms with van der Waals surface area (Å²) in [4.78, 5) is 11.7. The average Bonchev–Trinajstić information content (AvgIpc) is 2.49. The van der Waals surface area contributed by atoms with Crippen LogP contribution in [0, 0.1) is 0 Å². The molecule has 0 aliphatic heterocycles. The first-order valence-electron chi connectivity index (χ1n) is 6.76. The Labute approximate surface area is 119 Å². The van der Waals surface area contributed by atoms with Crippen molar-refractivity contribution < 1.29 is 9.53 Å². The molecule has 0 aliphatic rings. The minimum atomic E-state index is -0.290. The summed E-state index contributed by atoms with van der Waals surface area (Å²) in [5.41, 5.74) is 3.19. The second-order valence-corrected chi connectivity index (χ2v) is 4.45. The SMILES string of the molecule is CCOC(=O)/C=C(\Cc1ccccc1)c1ccccc1. The van der Waals surface area contributed by atoms with Gasteiger partial charge in [0.25, 0.3) is 0 Å². The predicted molar refractivity (Wildman–Crippen MR) is 81.2 cm³/mol. The fraction of sp³-hybridized carbons (Fsp3) is 0.167. The van der Waals surface area contributed by atoms with Crippen LogP contribution in [0.1, 0.15) is 18.1 Å².